The lowest BCUT2D eigenvalue weighted by Crippen LogP contribution is -2.19. The minimum absolute atomic E-state index is 0.0251. The normalized spacial score (nSPS) is 10.8. The molecule has 158 valence electrons. The number of carbonyl (C=O) groups excluding carboxylic acids is 2. The molecule has 2 N–H and O–H groups in total. The zero-order chi connectivity index (χ0) is 22.0. The Bertz CT molecular complexity index is 1200. The average Bonchev–Trinajstić information content (AvgIpc) is 2.93. The number of hydrogen-bond acceptors (Lipinski definition) is 5. The summed E-state index contributed by atoms with van der Waals surface area (Å²) < 4.78 is 8.11. The van der Waals surface area contributed by atoms with Crippen LogP contribution >= 0.6 is 11.6 Å². The van der Waals surface area contributed by atoms with Gasteiger partial charge in [-0.3, -0.25) is 18.7 Å². The predicted octanol–water partition coefficient (Wildman–Crippen LogP) is 2.60. The summed E-state index contributed by atoms with van der Waals surface area (Å²) in [6.45, 7) is 1.82. The molecule has 0 spiro atoms. The second-order valence-electron chi connectivity index (χ2n) is 6.84. The number of nitrogens with zero attached hydrogens (tertiary/aromatic N) is 3. The number of hydrogen-bond donors (Lipinski definition) is 2. The van der Waals surface area contributed by atoms with E-state index in [1.807, 2.05) is 6.92 Å². The van der Waals surface area contributed by atoms with Crippen LogP contribution in [0.25, 0.3) is 11.2 Å². The molecule has 3 aromatic rings. The van der Waals surface area contributed by atoms with Crippen molar-refractivity contribution in [3.63, 3.8) is 0 Å². The average molecular weight is 432 g/mol. The van der Waals surface area contributed by atoms with E-state index >= 15 is 0 Å². The van der Waals surface area contributed by atoms with Crippen molar-refractivity contribution in [3.05, 3.63) is 45.3 Å². The van der Waals surface area contributed by atoms with Gasteiger partial charge in [-0.2, -0.15) is 0 Å². The van der Waals surface area contributed by atoms with Crippen LogP contribution in [0.5, 0.6) is 5.75 Å². The predicted molar refractivity (Wildman–Crippen MR) is 115 cm³/mol. The topological polar surface area (TPSA) is 107 Å². The minimum atomic E-state index is -0.364. The number of aromatic nitrogens is 3. The first-order chi connectivity index (χ1) is 14.2. The first-order valence-corrected chi connectivity index (χ1v) is 9.55. The van der Waals surface area contributed by atoms with E-state index in [2.05, 4.69) is 15.6 Å². The highest BCUT2D eigenvalue weighted by Crippen LogP contribution is 2.31. The van der Waals surface area contributed by atoms with Crippen LogP contribution in [-0.4, -0.2) is 33.0 Å². The number of pyridine rings is 1. The van der Waals surface area contributed by atoms with E-state index in [0.717, 1.165) is 5.56 Å². The first kappa shape index (κ1) is 21.4. The summed E-state index contributed by atoms with van der Waals surface area (Å²) in [6, 6.07) is 6.66. The van der Waals surface area contributed by atoms with Gasteiger partial charge in [0.1, 0.15) is 11.6 Å². The van der Waals surface area contributed by atoms with Gasteiger partial charge in [-0.25, -0.2) is 9.78 Å². The molecular formula is C20H22ClN5O4. The lowest BCUT2D eigenvalue weighted by Gasteiger charge is -2.12. The number of fused-ring (bicyclic) bond motifs is 1. The lowest BCUT2D eigenvalue weighted by molar-refractivity contribution is -0.121. The van der Waals surface area contributed by atoms with Crippen molar-refractivity contribution in [2.45, 2.75) is 19.8 Å². The van der Waals surface area contributed by atoms with Gasteiger partial charge in [-0.1, -0.05) is 11.6 Å². The van der Waals surface area contributed by atoms with E-state index in [-0.39, 0.29) is 30.3 Å². The van der Waals surface area contributed by atoms with E-state index in [4.69, 9.17) is 16.3 Å². The first-order valence-electron chi connectivity index (χ1n) is 9.17. The van der Waals surface area contributed by atoms with Gasteiger partial charge in [0, 0.05) is 38.0 Å². The van der Waals surface area contributed by atoms with Gasteiger partial charge in [0.05, 0.1) is 18.3 Å². The zero-order valence-electron chi connectivity index (χ0n) is 17.1. The summed E-state index contributed by atoms with van der Waals surface area (Å²) in [6.07, 6.45) is -0.0586. The quantitative estimate of drug-likeness (QED) is 0.623. The Morgan fingerprint density at radius 3 is 2.43 bits per heavy atom. The maximum absolute atomic E-state index is 12.3. The number of halogens is 1. The van der Waals surface area contributed by atoms with Crippen molar-refractivity contribution < 1.29 is 14.3 Å². The molecule has 3 rings (SSSR count). The Hall–Kier alpha value is -3.33. The molecule has 10 heteroatoms. The van der Waals surface area contributed by atoms with Crippen molar-refractivity contribution in [1.29, 1.82) is 0 Å². The molecule has 2 heterocycles. The molecule has 0 saturated heterocycles. The van der Waals surface area contributed by atoms with Gasteiger partial charge in [0.2, 0.25) is 11.8 Å². The van der Waals surface area contributed by atoms with Crippen LogP contribution in [0.4, 0.5) is 11.5 Å². The maximum Gasteiger partial charge on any atom is 0.329 e. The molecule has 0 aliphatic rings. The Morgan fingerprint density at radius 1 is 1.10 bits per heavy atom. The van der Waals surface area contributed by atoms with Gasteiger partial charge < -0.3 is 15.4 Å². The summed E-state index contributed by atoms with van der Waals surface area (Å²) in [7, 11) is 4.75. The Balaban J connectivity index is 1.62. The number of imidazole rings is 1. The standard InChI is InChI=1S/C20H22ClN5O4/c1-11-9-13(15(30-4)10-12(11)21)22-17(27)7-8-18(28)23-16-6-5-14-19(24-16)26(3)20(29)25(14)2/h5-6,9-10H,7-8H2,1-4H3,(H,22,27)(H,23,24,28). The van der Waals surface area contributed by atoms with Gasteiger partial charge in [0.25, 0.3) is 0 Å². The molecule has 0 bridgehead atoms. The number of nitrogens with one attached hydrogen (secondary N) is 2. The molecule has 9 nitrogen and oxygen atoms in total. The highest BCUT2D eigenvalue weighted by atomic mass is 35.5. The number of benzene rings is 1. The Labute approximate surface area is 177 Å². The summed E-state index contributed by atoms with van der Waals surface area (Å²) in [5.41, 5.74) is 2.20. The third-order valence-corrected chi connectivity index (χ3v) is 5.12. The monoisotopic (exact) mass is 431 g/mol. The molecule has 0 unspecified atom stereocenters. The molecule has 0 aliphatic carbocycles. The van der Waals surface area contributed by atoms with Crippen LogP contribution in [-0.2, 0) is 23.7 Å². The van der Waals surface area contributed by atoms with Gasteiger partial charge in [-0.05, 0) is 30.7 Å². The molecule has 0 atom stereocenters. The third kappa shape index (κ3) is 4.30. The second-order valence-corrected chi connectivity index (χ2v) is 7.25. The molecule has 1 aromatic carbocycles. The molecule has 30 heavy (non-hydrogen) atoms. The molecular weight excluding hydrogens is 410 g/mol. The van der Waals surface area contributed by atoms with Gasteiger partial charge in [0.15, 0.2) is 5.65 Å². The number of aryl methyl sites for hydroxylation is 3. The van der Waals surface area contributed by atoms with Crippen molar-refractivity contribution >= 4 is 46.1 Å². The number of amides is 2. The number of methoxy groups -OCH3 is 1. The maximum atomic E-state index is 12.3. The van der Waals surface area contributed by atoms with E-state index < -0.39 is 0 Å². The second kappa shape index (κ2) is 8.58. The zero-order valence-corrected chi connectivity index (χ0v) is 17.8. The van der Waals surface area contributed by atoms with Crippen molar-refractivity contribution in [1.82, 2.24) is 14.1 Å². The van der Waals surface area contributed by atoms with Crippen LogP contribution in [0.3, 0.4) is 0 Å². The Kier molecular flexibility index (Phi) is 6.12. The highest BCUT2D eigenvalue weighted by Gasteiger charge is 2.14. The minimum Gasteiger partial charge on any atom is -0.495 e. The summed E-state index contributed by atoms with van der Waals surface area (Å²) >= 11 is 6.07. The number of rotatable bonds is 6. The summed E-state index contributed by atoms with van der Waals surface area (Å²) in [5.74, 6) is 0.0507. The molecule has 2 aromatic heterocycles. The van der Waals surface area contributed by atoms with Crippen LogP contribution in [0.1, 0.15) is 18.4 Å². The molecule has 0 fully saturated rings. The summed E-state index contributed by atoms with van der Waals surface area (Å²) in [5, 5.41) is 5.91. The van der Waals surface area contributed by atoms with Crippen molar-refractivity contribution in [2.24, 2.45) is 14.1 Å². The van der Waals surface area contributed by atoms with E-state index in [0.29, 0.717) is 33.4 Å². The summed E-state index contributed by atoms with van der Waals surface area (Å²) in [4.78, 5) is 40.8. The van der Waals surface area contributed by atoms with Crippen molar-refractivity contribution in [3.8, 4) is 5.75 Å². The van der Waals surface area contributed by atoms with Crippen LogP contribution in [0, 0.1) is 6.92 Å². The fraction of sp³-hybridized carbons (Fsp3) is 0.300. The van der Waals surface area contributed by atoms with Crippen LogP contribution in [0.2, 0.25) is 5.02 Å². The number of carbonyl (C=O) groups is 2. The number of ether oxygens (including phenoxy) is 1. The van der Waals surface area contributed by atoms with Crippen molar-refractivity contribution in [2.75, 3.05) is 17.7 Å². The fourth-order valence-electron chi connectivity index (χ4n) is 3.01. The van der Waals surface area contributed by atoms with E-state index in [9.17, 15) is 14.4 Å². The highest BCUT2D eigenvalue weighted by molar-refractivity contribution is 6.31. The molecule has 0 radical (unpaired) electrons. The van der Waals surface area contributed by atoms with Crippen LogP contribution in [0.15, 0.2) is 29.1 Å². The lowest BCUT2D eigenvalue weighted by atomic mass is 10.2. The smallest absolute Gasteiger partial charge is 0.329 e. The largest absolute Gasteiger partial charge is 0.495 e. The Morgan fingerprint density at radius 2 is 1.77 bits per heavy atom. The third-order valence-electron chi connectivity index (χ3n) is 4.71. The van der Waals surface area contributed by atoms with Gasteiger partial charge in [-0.15, -0.1) is 0 Å². The van der Waals surface area contributed by atoms with E-state index in [1.54, 1.807) is 38.4 Å². The molecule has 2 amide bonds. The fourth-order valence-corrected chi connectivity index (χ4v) is 3.17. The van der Waals surface area contributed by atoms with Crippen LogP contribution < -0.4 is 21.1 Å². The van der Waals surface area contributed by atoms with E-state index in [1.165, 1.54) is 16.2 Å². The van der Waals surface area contributed by atoms with Gasteiger partial charge >= 0.3 is 5.69 Å². The molecule has 0 aliphatic heterocycles. The molecule has 0 saturated carbocycles. The number of anilines is 2. The SMILES string of the molecule is COc1cc(Cl)c(C)cc1NC(=O)CCC(=O)Nc1ccc2c(n1)n(C)c(=O)n2C.